The molecular weight excluding hydrogens is 270 g/mol. The van der Waals surface area contributed by atoms with E-state index in [-0.39, 0.29) is 11.7 Å². The van der Waals surface area contributed by atoms with Crippen LogP contribution in [0.4, 0.5) is 0 Å². The fourth-order valence-electron chi connectivity index (χ4n) is 2.82. The largest absolute Gasteiger partial charge is 0.394 e. The molecule has 5 nitrogen and oxygen atoms in total. The quantitative estimate of drug-likeness (QED) is 0.547. The lowest BCUT2D eigenvalue weighted by molar-refractivity contribution is -0.138. The molecule has 1 unspecified atom stereocenters. The number of aliphatic hydroxyl groups excluding tert-OH is 1. The third-order valence-electron chi connectivity index (χ3n) is 4.08. The molecule has 4 atom stereocenters. The van der Waals surface area contributed by atoms with Crippen LogP contribution >= 0.6 is 0 Å². The molecule has 1 rings (SSSR count). The summed E-state index contributed by atoms with van der Waals surface area (Å²) in [5, 5.41) is 11.4. The minimum atomic E-state index is -1.24. The molecule has 0 aromatic carbocycles. The normalized spacial score (nSPS) is 25.7. The second-order valence-corrected chi connectivity index (χ2v) is 6.06. The Hall–Kier alpha value is -1.49. The third kappa shape index (κ3) is 4.24. The van der Waals surface area contributed by atoms with Gasteiger partial charge in [-0.25, -0.2) is 0 Å². The highest BCUT2D eigenvalue weighted by Gasteiger charge is 2.46. The molecule has 0 radical (unpaired) electrons. The van der Waals surface area contributed by atoms with Gasteiger partial charge in [-0.1, -0.05) is 25.5 Å². The Morgan fingerprint density at radius 2 is 2.00 bits per heavy atom. The second-order valence-electron chi connectivity index (χ2n) is 6.06. The van der Waals surface area contributed by atoms with Crippen LogP contribution in [0, 0.1) is 17.8 Å². The van der Waals surface area contributed by atoms with E-state index in [9.17, 15) is 14.4 Å². The van der Waals surface area contributed by atoms with Crippen LogP contribution in [0.2, 0.25) is 0 Å². The number of aliphatic hydroxyl groups is 1. The average molecular weight is 295 g/mol. The maximum atomic E-state index is 12.3. The summed E-state index contributed by atoms with van der Waals surface area (Å²) >= 11 is 0. The molecule has 2 N–H and O–H groups in total. The van der Waals surface area contributed by atoms with Crippen LogP contribution in [-0.4, -0.2) is 35.2 Å². The van der Waals surface area contributed by atoms with Crippen LogP contribution in [0.3, 0.4) is 0 Å². The summed E-state index contributed by atoms with van der Waals surface area (Å²) in [4.78, 5) is 36.0. The first-order valence-electron chi connectivity index (χ1n) is 7.42. The van der Waals surface area contributed by atoms with E-state index < -0.39 is 30.3 Å². The molecule has 118 valence electrons. The van der Waals surface area contributed by atoms with Crippen molar-refractivity contribution in [3.63, 3.8) is 0 Å². The van der Waals surface area contributed by atoms with Gasteiger partial charge >= 0.3 is 0 Å². The number of Topliss-reactive ketones (excluding diaryl/α,β-unsaturated/α-hetero) is 2. The number of carbonyl (C=O) groups is 3. The van der Waals surface area contributed by atoms with E-state index in [4.69, 9.17) is 5.11 Å². The molecular formula is C16H25NO4. The van der Waals surface area contributed by atoms with Crippen molar-refractivity contribution in [2.24, 2.45) is 17.8 Å². The molecule has 21 heavy (non-hydrogen) atoms. The zero-order valence-electron chi connectivity index (χ0n) is 13.2. The molecule has 0 bridgehead atoms. The average Bonchev–Trinajstić information content (AvgIpc) is 2.72. The molecule has 0 aromatic rings. The maximum absolute atomic E-state index is 12.3. The van der Waals surface area contributed by atoms with Gasteiger partial charge in [0, 0.05) is 5.92 Å². The molecule has 1 amide bonds. The van der Waals surface area contributed by atoms with Gasteiger partial charge in [0.15, 0.2) is 17.5 Å². The van der Waals surface area contributed by atoms with E-state index in [1.54, 1.807) is 6.92 Å². The SMILES string of the molecule is C/C=C(\C)C[C@H](C)C[C@H](C)C(=O)C1C(=O)N[C@@H](CO)C1=O. The predicted molar refractivity (Wildman–Crippen MR) is 79.5 cm³/mol. The van der Waals surface area contributed by atoms with Crippen molar-refractivity contribution in [1.82, 2.24) is 5.32 Å². The summed E-state index contributed by atoms with van der Waals surface area (Å²) in [6.07, 6.45) is 3.59. The highest BCUT2D eigenvalue weighted by Crippen LogP contribution is 2.24. The lowest BCUT2D eigenvalue weighted by Gasteiger charge is -2.18. The van der Waals surface area contributed by atoms with Crippen LogP contribution in [0.1, 0.15) is 40.5 Å². The van der Waals surface area contributed by atoms with Gasteiger partial charge in [-0.15, -0.1) is 0 Å². The van der Waals surface area contributed by atoms with E-state index in [2.05, 4.69) is 12.2 Å². The van der Waals surface area contributed by atoms with Gasteiger partial charge < -0.3 is 10.4 Å². The summed E-state index contributed by atoms with van der Waals surface area (Å²) in [5.41, 5.74) is 1.26. The van der Waals surface area contributed by atoms with Crippen LogP contribution in [0.25, 0.3) is 0 Å². The van der Waals surface area contributed by atoms with Crippen LogP contribution in [-0.2, 0) is 14.4 Å². The number of ketones is 2. The van der Waals surface area contributed by atoms with Gasteiger partial charge in [0.05, 0.1) is 6.61 Å². The first-order valence-corrected chi connectivity index (χ1v) is 7.42. The molecule has 1 aliphatic heterocycles. The summed E-state index contributed by atoms with van der Waals surface area (Å²) in [6, 6.07) is -0.929. The van der Waals surface area contributed by atoms with Crippen molar-refractivity contribution in [3.8, 4) is 0 Å². The molecule has 1 aliphatic rings. The highest BCUT2D eigenvalue weighted by atomic mass is 16.3. The summed E-state index contributed by atoms with van der Waals surface area (Å²) in [5.74, 6) is -2.69. The number of hydrogen-bond donors (Lipinski definition) is 2. The topological polar surface area (TPSA) is 83.5 Å². The van der Waals surface area contributed by atoms with Crippen LogP contribution in [0.15, 0.2) is 11.6 Å². The molecule has 0 aliphatic carbocycles. The molecule has 0 aromatic heterocycles. The van der Waals surface area contributed by atoms with Crippen molar-refractivity contribution in [3.05, 3.63) is 11.6 Å². The third-order valence-corrected chi connectivity index (χ3v) is 4.08. The van der Waals surface area contributed by atoms with E-state index >= 15 is 0 Å². The minimum absolute atomic E-state index is 0.313. The number of allylic oxidation sites excluding steroid dienone is 2. The van der Waals surface area contributed by atoms with Gasteiger partial charge in [-0.05, 0) is 32.6 Å². The number of nitrogens with one attached hydrogen (secondary N) is 1. The molecule has 1 saturated heterocycles. The van der Waals surface area contributed by atoms with Crippen molar-refractivity contribution < 1.29 is 19.5 Å². The molecule has 1 fully saturated rings. The van der Waals surface area contributed by atoms with Crippen molar-refractivity contribution in [2.45, 2.75) is 46.6 Å². The van der Waals surface area contributed by atoms with Gasteiger partial charge in [0.2, 0.25) is 5.91 Å². The van der Waals surface area contributed by atoms with Gasteiger partial charge in [0.1, 0.15) is 6.04 Å². The standard InChI is InChI=1S/C16H25NO4/c1-5-9(2)6-10(3)7-11(4)14(19)13-15(20)12(8-18)17-16(13)21/h5,10-13,18H,6-8H2,1-4H3,(H,17,21)/b9-5+/t10-,11-,12-,13?/m0/s1. The lowest BCUT2D eigenvalue weighted by atomic mass is 9.84. The Morgan fingerprint density at radius 1 is 1.38 bits per heavy atom. The zero-order valence-corrected chi connectivity index (χ0v) is 13.2. The van der Waals surface area contributed by atoms with Crippen LogP contribution < -0.4 is 5.32 Å². The van der Waals surface area contributed by atoms with Crippen molar-refractivity contribution in [2.75, 3.05) is 6.61 Å². The van der Waals surface area contributed by atoms with E-state index in [1.807, 2.05) is 19.9 Å². The first kappa shape index (κ1) is 17.6. The Kier molecular flexibility index (Phi) is 6.27. The maximum Gasteiger partial charge on any atom is 0.238 e. The van der Waals surface area contributed by atoms with Gasteiger partial charge in [-0.3, -0.25) is 14.4 Å². The first-order chi connectivity index (χ1) is 9.81. The fraction of sp³-hybridized carbons (Fsp3) is 0.688. The van der Waals surface area contributed by atoms with E-state index in [1.165, 1.54) is 5.57 Å². The summed E-state index contributed by atoms with van der Waals surface area (Å²) in [6.45, 7) is 7.39. The van der Waals surface area contributed by atoms with Crippen molar-refractivity contribution >= 4 is 17.5 Å². The van der Waals surface area contributed by atoms with Gasteiger partial charge in [-0.2, -0.15) is 0 Å². The fourth-order valence-corrected chi connectivity index (χ4v) is 2.82. The number of rotatable bonds is 7. The van der Waals surface area contributed by atoms with Crippen LogP contribution in [0.5, 0.6) is 0 Å². The smallest absolute Gasteiger partial charge is 0.238 e. The zero-order chi connectivity index (χ0) is 16.2. The summed E-state index contributed by atoms with van der Waals surface area (Å²) in [7, 11) is 0. The number of carbonyl (C=O) groups excluding carboxylic acids is 3. The monoisotopic (exact) mass is 295 g/mol. The van der Waals surface area contributed by atoms with Gasteiger partial charge in [0.25, 0.3) is 0 Å². The predicted octanol–water partition coefficient (Wildman–Crippen LogP) is 1.25. The second kappa shape index (κ2) is 7.50. The summed E-state index contributed by atoms with van der Waals surface area (Å²) < 4.78 is 0. The Morgan fingerprint density at radius 3 is 2.48 bits per heavy atom. The molecule has 1 heterocycles. The van der Waals surface area contributed by atoms with Crippen molar-refractivity contribution in [1.29, 1.82) is 0 Å². The van der Waals surface area contributed by atoms with E-state index in [0.717, 1.165) is 6.42 Å². The Bertz CT molecular complexity index is 455. The Labute approximate surface area is 125 Å². The number of amides is 1. The molecule has 5 heteroatoms. The minimum Gasteiger partial charge on any atom is -0.394 e. The van der Waals surface area contributed by atoms with E-state index in [0.29, 0.717) is 12.3 Å². The molecule has 0 spiro atoms. The lowest BCUT2D eigenvalue weighted by Crippen LogP contribution is -2.33. The molecule has 0 saturated carbocycles. The Balaban J connectivity index is 2.66. The highest BCUT2D eigenvalue weighted by molar-refractivity contribution is 6.24. The number of hydrogen-bond acceptors (Lipinski definition) is 4.